The lowest BCUT2D eigenvalue weighted by atomic mass is 9.92. The first-order valence-corrected chi connectivity index (χ1v) is 17.0. The first kappa shape index (κ1) is 38.5. The lowest BCUT2D eigenvalue weighted by molar-refractivity contribution is -0.138. The summed E-state index contributed by atoms with van der Waals surface area (Å²) >= 11 is 11.9. The molecule has 1 aromatic carbocycles. The Morgan fingerprint density at radius 1 is 0.979 bits per heavy atom. The molecule has 7 nitrogen and oxygen atoms in total. The fourth-order valence-electron chi connectivity index (χ4n) is 5.37. The number of aliphatic hydroxyl groups excluding tert-OH is 1. The van der Waals surface area contributed by atoms with E-state index in [1.54, 1.807) is 18.2 Å². The van der Waals surface area contributed by atoms with E-state index in [9.17, 15) is 28.2 Å². The first-order chi connectivity index (χ1) is 22.5. The van der Waals surface area contributed by atoms with Crippen LogP contribution in [0.25, 0.3) is 11.3 Å². The quantitative estimate of drug-likeness (QED) is 0.136. The minimum Gasteiger partial charge on any atom is -0.485 e. The number of pyridine rings is 2. The van der Waals surface area contributed by atoms with E-state index in [0.29, 0.717) is 17.8 Å². The van der Waals surface area contributed by atoms with Crippen LogP contribution in [0.4, 0.5) is 13.2 Å². The topological polar surface area (TPSA) is 105 Å². The monoisotopic (exact) mass is 697 g/mol. The standard InChI is InChI=1S/C19H11Cl2F3N2O3.C16H33NO/c20-13-5-4-10(7-14(13)21)16-15(29-9-11-3-1-2-6-25-11)8-12(19(22,23)24)17(26-16)18(27)28;1-2-3-4-5-6-7-8-11-14-17-15-12-9-10-13-16(15)18/h1-8H,9H2,(H,27,28);15-18H,2-14H2,1H3/t;15-,16-/m.1/s1. The van der Waals surface area contributed by atoms with Crippen molar-refractivity contribution in [3.05, 3.63) is 75.7 Å². The van der Waals surface area contributed by atoms with E-state index in [4.69, 9.17) is 27.9 Å². The van der Waals surface area contributed by atoms with Crippen molar-refractivity contribution in [2.45, 2.75) is 109 Å². The van der Waals surface area contributed by atoms with Crippen molar-refractivity contribution in [1.29, 1.82) is 0 Å². The maximum absolute atomic E-state index is 13.4. The average molecular weight is 699 g/mol. The summed E-state index contributed by atoms with van der Waals surface area (Å²) in [6, 6.07) is 10.2. The molecule has 0 amide bonds. The largest absolute Gasteiger partial charge is 0.485 e. The van der Waals surface area contributed by atoms with Crippen LogP contribution in [0.15, 0.2) is 48.7 Å². The number of rotatable bonds is 15. The van der Waals surface area contributed by atoms with E-state index in [-0.39, 0.29) is 39.8 Å². The van der Waals surface area contributed by atoms with Gasteiger partial charge >= 0.3 is 12.1 Å². The zero-order valence-electron chi connectivity index (χ0n) is 26.7. The third-order valence-corrected chi connectivity index (χ3v) is 8.70. The van der Waals surface area contributed by atoms with Gasteiger partial charge in [0.15, 0.2) is 5.69 Å². The van der Waals surface area contributed by atoms with Crippen LogP contribution in [0.1, 0.15) is 106 Å². The number of halogens is 5. The van der Waals surface area contributed by atoms with Gasteiger partial charge in [0.05, 0.1) is 27.4 Å². The van der Waals surface area contributed by atoms with Gasteiger partial charge in [-0.1, -0.05) is 100 Å². The molecule has 258 valence electrons. The van der Waals surface area contributed by atoms with Crippen molar-refractivity contribution in [1.82, 2.24) is 15.3 Å². The average Bonchev–Trinajstić information content (AvgIpc) is 3.05. The van der Waals surface area contributed by atoms with Crippen molar-refractivity contribution in [2.24, 2.45) is 0 Å². The maximum Gasteiger partial charge on any atom is 0.418 e. The predicted molar refractivity (Wildman–Crippen MR) is 179 cm³/mol. The molecule has 1 aliphatic rings. The number of unbranched alkanes of at least 4 members (excludes halogenated alkanes) is 7. The summed E-state index contributed by atoms with van der Waals surface area (Å²) in [6.07, 6.45) is 12.1. The second-order valence-electron chi connectivity index (χ2n) is 11.7. The van der Waals surface area contributed by atoms with Crippen LogP contribution in [0, 0.1) is 0 Å². The van der Waals surface area contributed by atoms with Gasteiger partial charge in [-0.25, -0.2) is 9.78 Å². The smallest absolute Gasteiger partial charge is 0.418 e. The number of alkyl halides is 3. The molecular weight excluding hydrogens is 654 g/mol. The number of aromatic carboxylic acids is 1. The van der Waals surface area contributed by atoms with Crippen molar-refractivity contribution in [3.8, 4) is 17.0 Å². The molecule has 0 unspecified atom stereocenters. The van der Waals surface area contributed by atoms with Gasteiger partial charge in [0.25, 0.3) is 0 Å². The summed E-state index contributed by atoms with van der Waals surface area (Å²) in [5, 5.41) is 22.9. The van der Waals surface area contributed by atoms with Gasteiger partial charge in [-0.05, 0) is 56.1 Å². The van der Waals surface area contributed by atoms with Crippen molar-refractivity contribution < 1.29 is 32.9 Å². The maximum atomic E-state index is 13.4. The molecule has 0 bridgehead atoms. The van der Waals surface area contributed by atoms with Gasteiger partial charge in [-0.3, -0.25) is 4.98 Å². The van der Waals surface area contributed by atoms with E-state index >= 15 is 0 Å². The predicted octanol–water partition coefficient (Wildman–Crippen LogP) is 9.77. The normalized spacial score (nSPS) is 16.3. The number of nitrogens with one attached hydrogen (secondary N) is 1. The molecule has 3 N–H and O–H groups in total. The third-order valence-electron chi connectivity index (χ3n) is 7.96. The summed E-state index contributed by atoms with van der Waals surface area (Å²) in [7, 11) is 0. The number of aromatic nitrogens is 2. The minimum absolute atomic E-state index is 0.0900. The number of carboxylic acids is 1. The van der Waals surface area contributed by atoms with Crippen LogP contribution in [0.3, 0.4) is 0 Å². The fourth-order valence-corrected chi connectivity index (χ4v) is 5.66. The van der Waals surface area contributed by atoms with Crippen LogP contribution in [-0.4, -0.2) is 44.8 Å². The molecule has 2 heterocycles. The van der Waals surface area contributed by atoms with Crippen LogP contribution in [0.5, 0.6) is 5.75 Å². The number of benzene rings is 1. The highest BCUT2D eigenvalue weighted by molar-refractivity contribution is 6.42. The number of carboxylic acid groups (broad SMARTS) is 1. The molecule has 4 rings (SSSR count). The Morgan fingerprint density at radius 3 is 2.30 bits per heavy atom. The highest BCUT2D eigenvalue weighted by Crippen LogP contribution is 2.39. The van der Waals surface area contributed by atoms with E-state index < -0.39 is 23.4 Å². The van der Waals surface area contributed by atoms with Crippen molar-refractivity contribution in [2.75, 3.05) is 6.54 Å². The lowest BCUT2D eigenvalue weighted by Crippen LogP contribution is -2.42. The number of hydrogen-bond donors (Lipinski definition) is 3. The Bertz CT molecular complexity index is 1400. The third kappa shape index (κ3) is 12.9. The summed E-state index contributed by atoms with van der Waals surface area (Å²) in [5.41, 5.74) is -1.99. The summed E-state index contributed by atoms with van der Waals surface area (Å²) in [5.74, 6) is -2.10. The van der Waals surface area contributed by atoms with Crippen LogP contribution in [0.2, 0.25) is 10.0 Å². The number of ether oxygens (including phenoxy) is 1. The Balaban J connectivity index is 0.000000287. The molecule has 2 atom stereocenters. The van der Waals surface area contributed by atoms with E-state index in [1.807, 2.05) is 0 Å². The number of aliphatic hydroxyl groups is 1. The highest BCUT2D eigenvalue weighted by atomic mass is 35.5. The SMILES string of the molecule is CCCCCCCCCCN[C@@H]1CCCC[C@H]1O.O=C(O)c1nc(-c2ccc(Cl)c(Cl)c2)c(OCc2ccccn2)cc1C(F)(F)F. The Hall–Kier alpha value is -2.92. The van der Waals surface area contributed by atoms with E-state index in [2.05, 4.69) is 22.2 Å². The summed E-state index contributed by atoms with van der Waals surface area (Å²) in [6.45, 7) is 3.21. The molecule has 0 spiro atoms. The van der Waals surface area contributed by atoms with Crippen molar-refractivity contribution in [3.63, 3.8) is 0 Å². The Morgan fingerprint density at radius 2 is 1.68 bits per heavy atom. The molecular formula is C35H44Cl2F3N3O4. The highest BCUT2D eigenvalue weighted by Gasteiger charge is 2.38. The minimum atomic E-state index is -4.94. The molecule has 3 aromatic rings. The molecule has 1 saturated carbocycles. The Labute approximate surface area is 284 Å². The zero-order valence-corrected chi connectivity index (χ0v) is 28.2. The lowest BCUT2D eigenvalue weighted by Gasteiger charge is -2.28. The molecule has 0 aliphatic heterocycles. The van der Waals surface area contributed by atoms with Crippen LogP contribution in [-0.2, 0) is 12.8 Å². The zero-order chi connectivity index (χ0) is 34.2. The first-order valence-electron chi connectivity index (χ1n) is 16.3. The molecule has 0 radical (unpaired) electrons. The molecule has 1 fully saturated rings. The van der Waals surface area contributed by atoms with Crippen LogP contribution >= 0.6 is 23.2 Å². The molecule has 0 saturated heterocycles. The fraction of sp³-hybridized carbons (Fsp3) is 0.514. The van der Waals surface area contributed by atoms with Gasteiger partial charge in [0.1, 0.15) is 18.1 Å². The van der Waals surface area contributed by atoms with Gasteiger partial charge in [-0.2, -0.15) is 13.2 Å². The summed E-state index contributed by atoms with van der Waals surface area (Å²) in [4.78, 5) is 19.2. The second kappa shape index (κ2) is 19.8. The van der Waals surface area contributed by atoms with E-state index in [0.717, 1.165) is 19.4 Å². The summed E-state index contributed by atoms with van der Waals surface area (Å²) < 4.78 is 45.7. The number of carbonyl (C=O) groups is 1. The number of hydrogen-bond acceptors (Lipinski definition) is 6. The molecule has 47 heavy (non-hydrogen) atoms. The van der Waals surface area contributed by atoms with E-state index in [1.165, 1.54) is 88.6 Å². The molecule has 1 aliphatic carbocycles. The van der Waals surface area contributed by atoms with Crippen LogP contribution < -0.4 is 10.1 Å². The van der Waals surface area contributed by atoms with Gasteiger partial charge in [-0.15, -0.1) is 0 Å². The molecule has 2 aromatic heterocycles. The van der Waals surface area contributed by atoms with Crippen molar-refractivity contribution >= 4 is 29.2 Å². The second-order valence-corrected chi connectivity index (χ2v) is 12.5. The number of nitrogens with zero attached hydrogens (tertiary/aromatic N) is 2. The van der Waals surface area contributed by atoms with Gasteiger partial charge in [0, 0.05) is 17.8 Å². The Kier molecular flexibility index (Phi) is 16.2. The molecule has 12 heteroatoms. The van der Waals surface area contributed by atoms with Gasteiger partial charge in [0.2, 0.25) is 0 Å². The van der Waals surface area contributed by atoms with Gasteiger partial charge < -0.3 is 20.3 Å².